The van der Waals surface area contributed by atoms with E-state index in [1.165, 1.54) is 16.6 Å². The molecule has 3 N–H and O–H groups in total. The molecule has 8 heteroatoms. The largest absolute Gasteiger partial charge is 0.479 e. The van der Waals surface area contributed by atoms with Gasteiger partial charge in [0.15, 0.2) is 17.0 Å². The summed E-state index contributed by atoms with van der Waals surface area (Å²) >= 11 is 6.05. The Hall–Kier alpha value is -2.02. The predicted octanol–water partition coefficient (Wildman–Crippen LogP) is -0.0387. The van der Waals surface area contributed by atoms with Crippen molar-refractivity contribution in [2.75, 3.05) is 7.05 Å². The van der Waals surface area contributed by atoms with E-state index >= 15 is 0 Å². The number of nitrogens with zero attached hydrogens (tertiary/aromatic N) is 4. The third kappa shape index (κ3) is 1.84. The third-order valence-corrected chi connectivity index (χ3v) is 2.79. The summed E-state index contributed by atoms with van der Waals surface area (Å²) < 4.78 is 1.42. The molecule has 1 aliphatic heterocycles. The van der Waals surface area contributed by atoms with Gasteiger partial charge in [-0.3, -0.25) is 0 Å². The van der Waals surface area contributed by atoms with Gasteiger partial charge in [-0.25, -0.2) is 14.5 Å². The van der Waals surface area contributed by atoms with Gasteiger partial charge in [0.1, 0.15) is 5.84 Å². The topological polar surface area (TPSA) is 96.7 Å². The zero-order valence-corrected chi connectivity index (χ0v) is 9.66. The molecule has 0 amide bonds. The van der Waals surface area contributed by atoms with Crippen LogP contribution >= 0.6 is 11.6 Å². The van der Waals surface area contributed by atoms with Gasteiger partial charge in [-0.2, -0.15) is 5.10 Å². The van der Waals surface area contributed by atoms with Crippen LogP contribution in [0.5, 0.6) is 0 Å². The molecular formula is C9H10ClN5O2. The summed E-state index contributed by atoms with van der Waals surface area (Å²) in [5, 5.41) is 13.2. The minimum Gasteiger partial charge on any atom is -0.479 e. The maximum absolute atomic E-state index is 11.0. The maximum atomic E-state index is 11.0. The van der Waals surface area contributed by atoms with Gasteiger partial charge in [0.2, 0.25) is 0 Å². The third-order valence-electron chi connectivity index (χ3n) is 2.35. The van der Waals surface area contributed by atoms with E-state index in [2.05, 4.69) is 10.1 Å². The predicted molar refractivity (Wildman–Crippen MR) is 62.1 cm³/mol. The molecule has 0 aromatic carbocycles. The van der Waals surface area contributed by atoms with Crippen LogP contribution in [0.2, 0.25) is 0 Å². The number of carboxylic acid groups (broad SMARTS) is 1. The van der Waals surface area contributed by atoms with Gasteiger partial charge >= 0.3 is 5.97 Å². The summed E-state index contributed by atoms with van der Waals surface area (Å²) in [5.41, 5.74) is 5.62. The van der Waals surface area contributed by atoms with E-state index in [4.69, 9.17) is 22.4 Å². The van der Waals surface area contributed by atoms with Gasteiger partial charge in [0.25, 0.3) is 0 Å². The molecule has 2 heterocycles. The first-order valence-electron chi connectivity index (χ1n) is 4.72. The highest BCUT2D eigenvalue weighted by molar-refractivity contribution is 6.32. The summed E-state index contributed by atoms with van der Waals surface area (Å²) in [4.78, 5) is 16.3. The van der Waals surface area contributed by atoms with E-state index in [-0.39, 0.29) is 11.0 Å². The Morgan fingerprint density at radius 1 is 1.65 bits per heavy atom. The quantitative estimate of drug-likeness (QED) is 0.723. The van der Waals surface area contributed by atoms with Crippen molar-refractivity contribution in [3.05, 3.63) is 23.6 Å². The number of hydrogen-bond donors (Lipinski definition) is 2. The molecule has 0 spiro atoms. The number of rotatable bonds is 2. The number of aliphatic imine (C=N–C) groups is 1. The summed E-state index contributed by atoms with van der Waals surface area (Å²) in [5.74, 6) is -0.838. The summed E-state index contributed by atoms with van der Waals surface area (Å²) in [6.45, 7) is 0. The molecule has 17 heavy (non-hydrogen) atoms. The zero-order chi connectivity index (χ0) is 12.6. The zero-order valence-electron chi connectivity index (χ0n) is 8.91. The Kier molecular flexibility index (Phi) is 2.76. The fourth-order valence-corrected chi connectivity index (χ4v) is 1.76. The van der Waals surface area contributed by atoms with Crippen LogP contribution in [0.3, 0.4) is 0 Å². The SMILES string of the molecule is CN1C(Cl)=C(n2cccn2)N=C(N)C1C(=O)O. The molecule has 1 aromatic heterocycles. The van der Waals surface area contributed by atoms with Crippen molar-refractivity contribution in [3.8, 4) is 0 Å². The molecule has 2 rings (SSSR count). The number of aliphatic carboxylic acids is 1. The Morgan fingerprint density at radius 2 is 2.35 bits per heavy atom. The van der Waals surface area contributed by atoms with E-state index in [0.29, 0.717) is 5.82 Å². The molecule has 0 aliphatic carbocycles. The van der Waals surface area contributed by atoms with Crippen molar-refractivity contribution in [3.63, 3.8) is 0 Å². The second-order valence-electron chi connectivity index (χ2n) is 3.45. The van der Waals surface area contributed by atoms with Crippen molar-refractivity contribution >= 4 is 29.2 Å². The molecule has 1 unspecified atom stereocenters. The minimum atomic E-state index is -1.11. The number of nitrogens with two attached hydrogens (primary N) is 1. The summed E-state index contributed by atoms with van der Waals surface area (Å²) in [6, 6.07) is 0.647. The van der Waals surface area contributed by atoms with Gasteiger partial charge in [-0.15, -0.1) is 0 Å². The first-order chi connectivity index (χ1) is 8.02. The van der Waals surface area contributed by atoms with Gasteiger partial charge in [0, 0.05) is 19.4 Å². The lowest BCUT2D eigenvalue weighted by Gasteiger charge is -2.29. The average molecular weight is 256 g/mol. The molecule has 0 saturated carbocycles. The molecule has 0 bridgehead atoms. The van der Waals surface area contributed by atoms with E-state index in [1.54, 1.807) is 18.5 Å². The second kappa shape index (κ2) is 4.10. The highest BCUT2D eigenvalue weighted by atomic mass is 35.5. The number of amidine groups is 1. The Morgan fingerprint density at radius 3 is 2.88 bits per heavy atom. The first-order valence-corrected chi connectivity index (χ1v) is 5.09. The van der Waals surface area contributed by atoms with Crippen LogP contribution in [0.4, 0.5) is 0 Å². The van der Waals surface area contributed by atoms with E-state index < -0.39 is 12.0 Å². The van der Waals surface area contributed by atoms with Crippen LogP contribution < -0.4 is 5.73 Å². The number of carbonyl (C=O) groups is 1. The molecular weight excluding hydrogens is 246 g/mol. The molecule has 1 atom stereocenters. The Balaban J connectivity index is 2.47. The molecule has 1 aliphatic rings. The monoisotopic (exact) mass is 255 g/mol. The fraction of sp³-hybridized carbons (Fsp3) is 0.222. The van der Waals surface area contributed by atoms with Crippen LogP contribution in [-0.4, -0.2) is 44.7 Å². The van der Waals surface area contributed by atoms with Gasteiger partial charge < -0.3 is 15.7 Å². The van der Waals surface area contributed by atoms with E-state index in [1.807, 2.05) is 0 Å². The maximum Gasteiger partial charge on any atom is 0.334 e. The standard InChI is InChI=1S/C9H10ClN5O2/c1-14-5(9(16)17)7(11)13-8(6(14)10)15-4-2-3-12-15/h2-5H,1H3,(H2,11,13)(H,16,17). The lowest BCUT2D eigenvalue weighted by molar-refractivity contribution is -0.139. The Labute approximate surface area is 102 Å². The van der Waals surface area contributed by atoms with Crippen LogP contribution in [0.1, 0.15) is 0 Å². The molecule has 1 aromatic rings. The van der Waals surface area contributed by atoms with Crippen LogP contribution in [-0.2, 0) is 4.79 Å². The normalized spacial score (nSPS) is 20.5. The van der Waals surface area contributed by atoms with Crippen LogP contribution in [0.15, 0.2) is 28.6 Å². The molecule has 7 nitrogen and oxygen atoms in total. The van der Waals surface area contributed by atoms with Crippen molar-refractivity contribution in [2.45, 2.75) is 6.04 Å². The van der Waals surface area contributed by atoms with Crippen molar-refractivity contribution in [1.82, 2.24) is 14.7 Å². The highest BCUT2D eigenvalue weighted by Crippen LogP contribution is 2.25. The summed E-state index contributed by atoms with van der Waals surface area (Å²) in [6.07, 6.45) is 3.20. The van der Waals surface area contributed by atoms with Crippen LogP contribution in [0, 0.1) is 0 Å². The number of halogens is 1. The minimum absolute atomic E-state index is 0.0325. The summed E-state index contributed by atoms with van der Waals surface area (Å²) in [7, 11) is 1.53. The lowest BCUT2D eigenvalue weighted by atomic mass is 10.2. The van der Waals surface area contributed by atoms with Crippen molar-refractivity contribution in [1.29, 1.82) is 0 Å². The number of carboxylic acids is 1. The Bertz CT molecular complexity index is 507. The van der Waals surface area contributed by atoms with E-state index in [0.717, 1.165) is 0 Å². The van der Waals surface area contributed by atoms with Gasteiger partial charge in [-0.1, -0.05) is 11.6 Å². The average Bonchev–Trinajstić information content (AvgIpc) is 2.76. The molecule has 90 valence electrons. The lowest BCUT2D eigenvalue weighted by Crippen LogP contribution is -2.49. The van der Waals surface area contributed by atoms with Gasteiger partial charge in [-0.05, 0) is 6.07 Å². The van der Waals surface area contributed by atoms with Gasteiger partial charge in [0.05, 0.1) is 0 Å². The van der Waals surface area contributed by atoms with E-state index in [9.17, 15) is 4.79 Å². The van der Waals surface area contributed by atoms with Crippen molar-refractivity contribution in [2.24, 2.45) is 10.7 Å². The molecule has 0 fully saturated rings. The van der Waals surface area contributed by atoms with Crippen LogP contribution in [0.25, 0.3) is 5.82 Å². The number of aromatic nitrogens is 2. The smallest absolute Gasteiger partial charge is 0.334 e. The molecule has 0 radical (unpaired) electrons. The number of likely N-dealkylation sites (N-methyl/N-ethyl adjacent to an activating group) is 1. The highest BCUT2D eigenvalue weighted by Gasteiger charge is 2.33. The first kappa shape index (κ1) is 11.5. The van der Waals surface area contributed by atoms with Crippen molar-refractivity contribution < 1.29 is 9.90 Å². The fourth-order valence-electron chi connectivity index (χ4n) is 1.53. The number of hydrogen-bond acceptors (Lipinski definition) is 5. The molecule has 0 saturated heterocycles. The second-order valence-corrected chi connectivity index (χ2v) is 3.81.